The van der Waals surface area contributed by atoms with Crippen LogP contribution in [0.4, 0.5) is 5.69 Å². The number of hydrogen-bond acceptors (Lipinski definition) is 5. The molecule has 0 radical (unpaired) electrons. The third-order valence-corrected chi connectivity index (χ3v) is 5.83. The summed E-state index contributed by atoms with van der Waals surface area (Å²) in [5, 5.41) is 2.57. The van der Waals surface area contributed by atoms with Crippen molar-refractivity contribution in [3.05, 3.63) is 66.7 Å². The molecule has 2 rings (SSSR count). The Balaban J connectivity index is 1.98. The second-order valence-corrected chi connectivity index (χ2v) is 8.70. The largest absolute Gasteiger partial charge is 0.490 e. The third-order valence-electron chi connectivity index (χ3n) is 4.27. The maximum absolute atomic E-state index is 12.7. The first-order valence-electron chi connectivity index (χ1n) is 9.60. The van der Waals surface area contributed by atoms with Crippen molar-refractivity contribution in [1.82, 2.24) is 9.62 Å². The van der Waals surface area contributed by atoms with Crippen LogP contribution in [0.15, 0.2) is 66.1 Å². The minimum Gasteiger partial charge on any atom is -0.490 e. The summed E-state index contributed by atoms with van der Waals surface area (Å²) < 4.78 is 33.0. The Kier molecular flexibility index (Phi) is 8.35. The van der Waals surface area contributed by atoms with Crippen LogP contribution >= 0.6 is 0 Å². The highest BCUT2D eigenvalue weighted by molar-refractivity contribution is 7.89. The number of amides is 2. The fourth-order valence-electron chi connectivity index (χ4n) is 2.80. The molecule has 1 atom stereocenters. The number of hydrogen-bond donors (Lipinski definition) is 2. The van der Waals surface area contributed by atoms with Crippen molar-refractivity contribution in [2.75, 3.05) is 19.0 Å². The lowest BCUT2D eigenvalue weighted by Crippen LogP contribution is -2.45. The van der Waals surface area contributed by atoms with Gasteiger partial charge in [-0.2, -0.15) is 4.72 Å². The van der Waals surface area contributed by atoms with Crippen molar-refractivity contribution in [2.24, 2.45) is 0 Å². The third kappa shape index (κ3) is 7.23. The Morgan fingerprint density at radius 2 is 1.74 bits per heavy atom. The first kappa shape index (κ1) is 24.1. The van der Waals surface area contributed by atoms with E-state index in [1.54, 1.807) is 25.3 Å². The van der Waals surface area contributed by atoms with Gasteiger partial charge >= 0.3 is 0 Å². The van der Waals surface area contributed by atoms with Crippen molar-refractivity contribution in [1.29, 1.82) is 0 Å². The number of benzene rings is 2. The van der Waals surface area contributed by atoms with E-state index in [1.807, 2.05) is 12.1 Å². The summed E-state index contributed by atoms with van der Waals surface area (Å²) in [5.41, 5.74) is 1.36. The monoisotopic (exact) mass is 445 g/mol. The van der Waals surface area contributed by atoms with Crippen molar-refractivity contribution >= 4 is 27.5 Å². The van der Waals surface area contributed by atoms with Gasteiger partial charge in [-0.25, -0.2) is 8.42 Å². The predicted molar refractivity (Wildman–Crippen MR) is 119 cm³/mol. The minimum atomic E-state index is -3.91. The highest BCUT2D eigenvalue weighted by atomic mass is 32.2. The van der Waals surface area contributed by atoms with E-state index < -0.39 is 16.1 Å². The lowest BCUT2D eigenvalue weighted by molar-refractivity contribution is -0.131. The Morgan fingerprint density at radius 1 is 1.13 bits per heavy atom. The molecule has 0 aliphatic carbocycles. The van der Waals surface area contributed by atoms with Crippen LogP contribution in [0.5, 0.6) is 5.75 Å². The summed E-state index contributed by atoms with van der Waals surface area (Å²) in [6.07, 6.45) is 1.65. The summed E-state index contributed by atoms with van der Waals surface area (Å²) in [7, 11) is -2.30. The van der Waals surface area contributed by atoms with Crippen LogP contribution in [0.2, 0.25) is 0 Å². The Labute approximate surface area is 183 Å². The van der Waals surface area contributed by atoms with Crippen molar-refractivity contribution in [3.8, 4) is 5.75 Å². The fraction of sp³-hybridized carbons (Fsp3) is 0.273. The molecule has 0 fully saturated rings. The van der Waals surface area contributed by atoms with Crippen molar-refractivity contribution in [2.45, 2.75) is 31.3 Å². The van der Waals surface area contributed by atoms with Gasteiger partial charge in [0.05, 0.1) is 10.9 Å². The van der Waals surface area contributed by atoms with Gasteiger partial charge in [0.15, 0.2) is 0 Å². The lowest BCUT2D eigenvalue weighted by Gasteiger charge is -2.22. The SMILES string of the molecule is C=CCOc1ccc(CN(C)C(=O)[C@H](C)NS(=O)(=O)c2ccc(NC(C)=O)cc2)cc1. The minimum absolute atomic E-state index is 0.000909. The summed E-state index contributed by atoms with van der Waals surface area (Å²) >= 11 is 0. The number of anilines is 1. The van der Waals surface area contributed by atoms with E-state index in [4.69, 9.17) is 4.74 Å². The van der Waals surface area contributed by atoms with E-state index in [0.717, 1.165) is 5.56 Å². The summed E-state index contributed by atoms with van der Waals surface area (Å²) in [4.78, 5) is 25.2. The maximum atomic E-state index is 12.7. The molecule has 9 heteroatoms. The van der Waals surface area contributed by atoms with Gasteiger partial charge in [0.25, 0.3) is 0 Å². The number of carbonyl (C=O) groups excluding carboxylic acids is 2. The van der Waals surface area contributed by atoms with Crippen LogP contribution in [0.1, 0.15) is 19.4 Å². The van der Waals surface area contributed by atoms with Crippen LogP contribution in [-0.2, 0) is 26.2 Å². The van der Waals surface area contributed by atoms with Gasteiger partial charge in [0.2, 0.25) is 21.8 Å². The van der Waals surface area contributed by atoms with Gasteiger partial charge in [0.1, 0.15) is 12.4 Å². The Morgan fingerprint density at radius 3 is 2.29 bits per heavy atom. The molecular weight excluding hydrogens is 418 g/mol. The topological polar surface area (TPSA) is 105 Å². The maximum Gasteiger partial charge on any atom is 0.241 e. The number of sulfonamides is 1. The summed E-state index contributed by atoms with van der Waals surface area (Å²) in [6.45, 7) is 7.18. The van der Waals surface area contributed by atoms with E-state index in [9.17, 15) is 18.0 Å². The lowest BCUT2D eigenvalue weighted by atomic mass is 10.2. The van der Waals surface area contributed by atoms with Crippen molar-refractivity contribution in [3.63, 3.8) is 0 Å². The smallest absolute Gasteiger partial charge is 0.241 e. The Hall–Kier alpha value is -3.17. The van der Waals surface area contributed by atoms with E-state index >= 15 is 0 Å². The van der Waals surface area contributed by atoms with E-state index in [1.165, 1.54) is 43.0 Å². The summed E-state index contributed by atoms with van der Waals surface area (Å²) in [5.74, 6) is 0.0728. The van der Waals surface area contributed by atoms with Crippen LogP contribution in [0.3, 0.4) is 0 Å². The molecule has 2 N–H and O–H groups in total. The first-order valence-corrected chi connectivity index (χ1v) is 11.1. The zero-order valence-corrected chi connectivity index (χ0v) is 18.6. The number of rotatable bonds is 10. The van der Waals surface area contributed by atoms with Crippen LogP contribution in [0.25, 0.3) is 0 Å². The van der Waals surface area contributed by atoms with Crippen LogP contribution in [-0.4, -0.2) is 44.8 Å². The first-order chi connectivity index (χ1) is 14.6. The number of likely N-dealkylation sites (N-methyl/N-ethyl adjacent to an activating group) is 1. The average molecular weight is 446 g/mol. The zero-order valence-electron chi connectivity index (χ0n) is 17.8. The molecule has 0 spiro atoms. The second-order valence-electron chi connectivity index (χ2n) is 6.99. The quantitative estimate of drug-likeness (QED) is 0.547. The molecule has 0 saturated heterocycles. The highest BCUT2D eigenvalue weighted by Gasteiger charge is 2.24. The predicted octanol–water partition coefficient (Wildman–Crippen LogP) is 2.54. The van der Waals surface area contributed by atoms with E-state index in [0.29, 0.717) is 24.6 Å². The summed E-state index contributed by atoms with van der Waals surface area (Å²) in [6, 6.07) is 12.0. The van der Waals surface area contributed by atoms with Crippen LogP contribution < -0.4 is 14.8 Å². The normalized spacial score (nSPS) is 12.0. The molecule has 2 aromatic carbocycles. The molecule has 31 heavy (non-hydrogen) atoms. The number of nitrogens with one attached hydrogen (secondary N) is 2. The fourth-order valence-corrected chi connectivity index (χ4v) is 4.00. The average Bonchev–Trinajstić information content (AvgIpc) is 2.72. The van der Waals surface area contributed by atoms with E-state index in [-0.39, 0.29) is 16.7 Å². The zero-order chi connectivity index (χ0) is 23.0. The Bertz CT molecular complexity index is 1020. The van der Waals surface area contributed by atoms with Crippen LogP contribution in [0, 0.1) is 0 Å². The molecular formula is C22H27N3O5S. The molecule has 0 aromatic heterocycles. The van der Waals surface area contributed by atoms with Gasteiger partial charge in [-0.1, -0.05) is 24.8 Å². The molecule has 0 unspecified atom stereocenters. The molecule has 2 amide bonds. The molecule has 0 bridgehead atoms. The highest BCUT2D eigenvalue weighted by Crippen LogP contribution is 2.16. The van der Waals surface area contributed by atoms with Gasteiger partial charge in [-0.15, -0.1) is 0 Å². The molecule has 2 aromatic rings. The van der Waals surface area contributed by atoms with Gasteiger partial charge < -0.3 is 15.0 Å². The standard InChI is InChI=1S/C22H27N3O5S/c1-5-14-30-20-10-6-18(7-11-20)15-25(4)22(27)16(2)24-31(28,29)21-12-8-19(9-13-21)23-17(3)26/h5-13,16,24H,1,14-15H2,2-4H3,(H,23,26)/t16-/m0/s1. The molecule has 8 nitrogen and oxygen atoms in total. The molecule has 0 aliphatic rings. The van der Waals surface area contributed by atoms with E-state index in [2.05, 4.69) is 16.6 Å². The second kappa shape index (κ2) is 10.7. The van der Waals surface area contributed by atoms with Gasteiger partial charge in [-0.3, -0.25) is 9.59 Å². The van der Waals surface area contributed by atoms with Gasteiger partial charge in [-0.05, 0) is 48.9 Å². The number of ether oxygens (including phenoxy) is 1. The molecule has 0 saturated carbocycles. The number of carbonyl (C=O) groups is 2. The number of nitrogens with zero attached hydrogens (tertiary/aromatic N) is 1. The molecule has 0 heterocycles. The molecule has 0 aliphatic heterocycles. The van der Waals surface area contributed by atoms with Gasteiger partial charge in [0, 0.05) is 26.2 Å². The molecule has 166 valence electrons. The van der Waals surface area contributed by atoms with Crippen molar-refractivity contribution < 1.29 is 22.7 Å².